The van der Waals surface area contributed by atoms with Crippen LogP contribution >= 0.6 is 35.0 Å². The molecule has 5 nitrogen and oxygen atoms in total. The quantitative estimate of drug-likeness (QED) is 0.369. The molecule has 158 valence electrons. The average Bonchev–Trinajstić information content (AvgIpc) is 2.72. The second-order valence-electron chi connectivity index (χ2n) is 7.70. The van der Waals surface area contributed by atoms with E-state index in [0.29, 0.717) is 47.7 Å². The molecular formula is C22H23Cl2N3O2S. The van der Waals surface area contributed by atoms with E-state index in [0.717, 1.165) is 22.7 Å². The fraction of sp³-hybridized carbons (Fsp3) is 0.318. The van der Waals surface area contributed by atoms with Gasteiger partial charge in [-0.2, -0.15) is 0 Å². The highest BCUT2D eigenvalue weighted by Gasteiger charge is 2.27. The van der Waals surface area contributed by atoms with Crippen LogP contribution in [0.2, 0.25) is 10.0 Å². The smallest absolute Gasteiger partial charge is 0.264 e. The van der Waals surface area contributed by atoms with Gasteiger partial charge in [-0.15, -0.1) is 11.8 Å². The number of benzene rings is 2. The Kier molecular flexibility index (Phi) is 6.32. The van der Waals surface area contributed by atoms with Crippen LogP contribution in [0.3, 0.4) is 0 Å². The average molecular weight is 464 g/mol. The van der Waals surface area contributed by atoms with Crippen LogP contribution in [0, 0.1) is 5.21 Å². The van der Waals surface area contributed by atoms with Crippen molar-refractivity contribution >= 4 is 58.3 Å². The summed E-state index contributed by atoms with van der Waals surface area (Å²) in [7, 11) is 1.72. The molecule has 2 aromatic rings. The number of carbonyl (C=O) groups is 1. The van der Waals surface area contributed by atoms with Crippen LogP contribution in [0.25, 0.3) is 6.08 Å². The van der Waals surface area contributed by atoms with Crippen molar-refractivity contribution in [2.45, 2.75) is 0 Å². The summed E-state index contributed by atoms with van der Waals surface area (Å²) < 4.78 is -0.202. The number of rotatable bonds is 3. The van der Waals surface area contributed by atoms with Gasteiger partial charge in [0, 0.05) is 23.7 Å². The normalized spacial score (nSPS) is 20.7. The molecule has 0 N–H and O–H groups in total. The van der Waals surface area contributed by atoms with Gasteiger partial charge in [0.15, 0.2) is 0 Å². The van der Waals surface area contributed by atoms with Crippen LogP contribution in [0.4, 0.5) is 11.4 Å². The summed E-state index contributed by atoms with van der Waals surface area (Å²) in [5.41, 5.74) is 2.80. The van der Waals surface area contributed by atoms with Gasteiger partial charge in [0.25, 0.3) is 5.91 Å². The monoisotopic (exact) mass is 463 g/mol. The molecule has 2 aromatic carbocycles. The minimum Gasteiger partial charge on any atom is -0.633 e. The highest BCUT2D eigenvalue weighted by Crippen LogP contribution is 2.34. The molecular weight excluding hydrogens is 441 g/mol. The van der Waals surface area contributed by atoms with E-state index < -0.39 is 0 Å². The highest BCUT2D eigenvalue weighted by atomic mass is 35.5. The summed E-state index contributed by atoms with van der Waals surface area (Å²) in [5, 5.41) is 13.1. The van der Waals surface area contributed by atoms with Gasteiger partial charge in [-0.25, -0.2) is 0 Å². The Balaban J connectivity index is 1.60. The zero-order chi connectivity index (χ0) is 21.3. The number of hydrogen-bond donors (Lipinski definition) is 0. The topological polar surface area (TPSA) is 46.6 Å². The van der Waals surface area contributed by atoms with Gasteiger partial charge in [-0.1, -0.05) is 41.4 Å². The Labute approximate surface area is 191 Å². The van der Waals surface area contributed by atoms with E-state index in [-0.39, 0.29) is 10.6 Å². The van der Waals surface area contributed by atoms with Gasteiger partial charge in [0.05, 0.1) is 48.2 Å². The Morgan fingerprint density at radius 3 is 2.53 bits per heavy atom. The lowest BCUT2D eigenvalue weighted by Gasteiger charge is -2.46. The number of carbonyl (C=O) groups excluding carboxylic acids is 1. The molecule has 2 aliphatic heterocycles. The molecule has 2 fully saturated rings. The predicted octanol–water partition coefficient (Wildman–Crippen LogP) is 4.88. The van der Waals surface area contributed by atoms with Crippen molar-refractivity contribution in [2.24, 2.45) is 0 Å². The Hall–Kier alpha value is -1.70. The number of likely N-dealkylation sites (N-methyl/N-ethyl adjacent to an activating group) is 1. The van der Waals surface area contributed by atoms with E-state index in [4.69, 9.17) is 23.2 Å². The summed E-state index contributed by atoms with van der Waals surface area (Å²) >= 11 is 13.7. The van der Waals surface area contributed by atoms with E-state index >= 15 is 0 Å². The number of hydrogen-bond acceptors (Lipinski definition) is 4. The van der Waals surface area contributed by atoms with Crippen molar-refractivity contribution in [3.8, 4) is 0 Å². The summed E-state index contributed by atoms with van der Waals surface area (Å²) in [5.74, 6) is 0.761. The number of anilines is 2. The fourth-order valence-electron chi connectivity index (χ4n) is 3.71. The third-order valence-electron chi connectivity index (χ3n) is 5.49. The highest BCUT2D eigenvalue weighted by molar-refractivity contribution is 8.04. The second-order valence-corrected chi connectivity index (χ2v) is 9.65. The molecule has 0 saturated carbocycles. The van der Waals surface area contributed by atoms with Crippen molar-refractivity contribution in [1.82, 2.24) is 0 Å². The first-order valence-corrected chi connectivity index (χ1v) is 11.6. The van der Waals surface area contributed by atoms with E-state index in [1.165, 1.54) is 0 Å². The second kappa shape index (κ2) is 8.81. The minimum absolute atomic E-state index is 0.0399. The number of nitrogens with zero attached hydrogens (tertiary/aromatic N) is 3. The van der Waals surface area contributed by atoms with Gasteiger partial charge in [-0.3, -0.25) is 4.79 Å². The lowest BCUT2D eigenvalue weighted by atomic mass is 10.1. The van der Waals surface area contributed by atoms with E-state index in [9.17, 15) is 10.0 Å². The number of quaternary nitrogens is 1. The Morgan fingerprint density at radius 1 is 1.07 bits per heavy atom. The fourth-order valence-corrected chi connectivity index (χ4v) is 4.94. The van der Waals surface area contributed by atoms with Gasteiger partial charge >= 0.3 is 0 Å². The first-order chi connectivity index (χ1) is 14.3. The van der Waals surface area contributed by atoms with Crippen LogP contribution in [0.1, 0.15) is 5.56 Å². The largest absolute Gasteiger partial charge is 0.633 e. The molecule has 8 heteroatoms. The van der Waals surface area contributed by atoms with Crippen molar-refractivity contribution < 1.29 is 9.44 Å². The molecule has 2 heterocycles. The molecule has 0 atom stereocenters. The Morgan fingerprint density at radius 2 is 1.80 bits per heavy atom. The van der Waals surface area contributed by atoms with Gasteiger partial charge in [-0.05, 0) is 35.9 Å². The van der Waals surface area contributed by atoms with Crippen LogP contribution < -0.4 is 9.80 Å². The van der Waals surface area contributed by atoms with Gasteiger partial charge in [0.1, 0.15) is 0 Å². The molecule has 0 aliphatic carbocycles. The van der Waals surface area contributed by atoms with Crippen LogP contribution in [0.5, 0.6) is 0 Å². The first-order valence-electron chi connectivity index (χ1n) is 9.85. The van der Waals surface area contributed by atoms with E-state index in [1.807, 2.05) is 30.3 Å². The maximum atomic E-state index is 13.2. The SMILES string of the molecule is C[N+]1([O-])CCN(c2ccccc2/C=C2\SCCN(c3ccc(Cl)c(Cl)c3)C2=O)CC1. The zero-order valence-electron chi connectivity index (χ0n) is 16.7. The van der Waals surface area contributed by atoms with Crippen molar-refractivity contribution in [2.75, 3.05) is 55.3 Å². The molecule has 0 radical (unpaired) electrons. The number of hydroxylamine groups is 3. The lowest BCUT2D eigenvalue weighted by molar-refractivity contribution is -0.861. The number of para-hydroxylation sites is 1. The van der Waals surface area contributed by atoms with Crippen LogP contribution in [-0.4, -0.2) is 56.1 Å². The maximum absolute atomic E-state index is 13.2. The summed E-state index contributed by atoms with van der Waals surface area (Å²) in [6, 6.07) is 13.3. The molecule has 0 spiro atoms. The molecule has 4 rings (SSSR count). The third kappa shape index (κ3) is 4.63. The standard InChI is InChI=1S/C22H23Cl2N3O2S/c1-27(29)11-8-25(9-12-27)20-5-3-2-4-16(20)14-21-22(28)26(10-13-30-21)17-6-7-18(23)19(24)15-17/h2-7,14-15H,8-13H2,1H3/b21-14-. The molecule has 30 heavy (non-hydrogen) atoms. The predicted molar refractivity (Wildman–Crippen MR) is 127 cm³/mol. The van der Waals surface area contributed by atoms with E-state index in [2.05, 4.69) is 11.0 Å². The molecule has 1 amide bonds. The molecule has 0 unspecified atom stereocenters. The van der Waals surface area contributed by atoms with Crippen molar-refractivity contribution in [3.05, 3.63) is 68.2 Å². The van der Waals surface area contributed by atoms with E-state index in [1.54, 1.807) is 35.8 Å². The minimum atomic E-state index is -0.202. The maximum Gasteiger partial charge on any atom is 0.264 e. The lowest BCUT2D eigenvalue weighted by Crippen LogP contribution is -2.53. The molecule has 2 saturated heterocycles. The number of halogens is 2. The third-order valence-corrected chi connectivity index (χ3v) is 7.22. The first kappa shape index (κ1) is 21.5. The summed E-state index contributed by atoms with van der Waals surface area (Å²) in [6.45, 7) is 3.15. The number of thioether (sulfide) groups is 1. The van der Waals surface area contributed by atoms with Crippen LogP contribution in [-0.2, 0) is 4.79 Å². The van der Waals surface area contributed by atoms with Crippen LogP contribution in [0.15, 0.2) is 47.4 Å². The number of piperazine rings is 1. The number of amides is 1. The Bertz CT molecular complexity index is 986. The van der Waals surface area contributed by atoms with Crippen molar-refractivity contribution in [3.63, 3.8) is 0 Å². The summed E-state index contributed by atoms with van der Waals surface area (Å²) in [6.07, 6.45) is 1.96. The summed E-state index contributed by atoms with van der Waals surface area (Å²) in [4.78, 5) is 17.9. The zero-order valence-corrected chi connectivity index (χ0v) is 19.0. The molecule has 0 aromatic heterocycles. The van der Waals surface area contributed by atoms with Gasteiger partial charge < -0.3 is 19.7 Å². The molecule has 0 bridgehead atoms. The van der Waals surface area contributed by atoms with Gasteiger partial charge in [0.2, 0.25) is 0 Å². The molecule has 2 aliphatic rings. The van der Waals surface area contributed by atoms with Crippen molar-refractivity contribution in [1.29, 1.82) is 0 Å².